The molecular formula is C8H23N5. The zero-order valence-electron chi connectivity index (χ0n) is 9.22. The van der Waals surface area contributed by atoms with Crippen LogP contribution in [0.15, 0.2) is 0 Å². The number of nitrogens with one attached hydrogen (secondary N) is 3. The summed E-state index contributed by atoms with van der Waals surface area (Å²) in [6.07, 6.45) is 0. The second kappa shape index (κ2) is 8.40. The maximum atomic E-state index is 3.33. The van der Waals surface area contributed by atoms with Crippen molar-refractivity contribution in [3.63, 3.8) is 0 Å². The molecule has 0 aliphatic rings. The summed E-state index contributed by atoms with van der Waals surface area (Å²) < 4.78 is 0. The number of nitrogens with zero attached hydrogens (tertiary/aromatic N) is 2. The summed E-state index contributed by atoms with van der Waals surface area (Å²) in [5.74, 6) is 0. The molecule has 0 atom stereocenters. The maximum absolute atomic E-state index is 3.33. The predicted octanol–water partition coefficient (Wildman–Crippen LogP) is -1.29. The van der Waals surface area contributed by atoms with Crippen LogP contribution in [-0.2, 0) is 0 Å². The first kappa shape index (κ1) is 12.8. The van der Waals surface area contributed by atoms with Gasteiger partial charge in [-0.25, -0.2) is 0 Å². The van der Waals surface area contributed by atoms with Crippen molar-refractivity contribution in [3.05, 3.63) is 0 Å². The van der Waals surface area contributed by atoms with E-state index in [0.29, 0.717) is 0 Å². The fraction of sp³-hybridized carbons (Fsp3) is 1.00. The van der Waals surface area contributed by atoms with E-state index in [-0.39, 0.29) is 0 Å². The second-order valence-electron chi connectivity index (χ2n) is 3.30. The quantitative estimate of drug-likeness (QED) is 0.415. The van der Waals surface area contributed by atoms with Crippen LogP contribution >= 0.6 is 0 Å². The zero-order valence-corrected chi connectivity index (χ0v) is 9.22. The van der Waals surface area contributed by atoms with Gasteiger partial charge in [0, 0.05) is 26.7 Å². The molecule has 0 unspecified atom stereocenters. The molecule has 0 bridgehead atoms. The summed E-state index contributed by atoms with van der Waals surface area (Å²) >= 11 is 0. The Morgan fingerprint density at radius 2 is 1.15 bits per heavy atom. The van der Waals surface area contributed by atoms with E-state index in [0.717, 1.165) is 26.7 Å². The van der Waals surface area contributed by atoms with Crippen molar-refractivity contribution in [1.29, 1.82) is 0 Å². The molecule has 0 saturated carbocycles. The Labute approximate surface area is 81.5 Å². The van der Waals surface area contributed by atoms with Gasteiger partial charge in [-0.3, -0.25) is 15.1 Å². The molecule has 0 heterocycles. The van der Waals surface area contributed by atoms with Crippen molar-refractivity contribution in [2.24, 2.45) is 0 Å². The highest BCUT2D eigenvalue weighted by Crippen LogP contribution is 1.76. The Hall–Kier alpha value is -0.200. The lowest BCUT2D eigenvalue weighted by Gasteiger charge is -2.20. The van der Waals surface area contributed by atoms with Crippen LogP contribution in [0.4, 0.5) is 0 Å². The molecule has 0 amide bonds. The second-order valence-corrected chi connectivity index (χ2v) is 3.30. The summed E-state index contributed by atoms with van der Waals surface area (Å²) in [5.41, 5.74) is 0. The van der Waals surface area contributed by atoms with E-state index in [1.807, 2.05) is 14.1 Å². The normalized spacial score (nSPS) is 11.5. The van der Waals surface area contributed by atoms with E-state index in [2.05, 4.69) is 39.8 Å². The number of rotatable bonds is 8. The molecule has 0 aromatic rings. The summed E-state index contributed by atoms with van der Waals surface area (Å²) in [6, 6.07) is 0. The summed E-state index contributed by atoms with van der Waals surface area (Å²) in [5, 5.41) is 9.51. The van der Waals surface area contributed by atoms with E-state index in [1.165, 1.54) is 0 Å². The van der Waals surface area contributed by atoms with Crippen molar-refractivity contribution >= 4 is 0 Å². The third-order valence-corrected chi connectivity index (χ3v) is 1.62. The van der Waals surface area contributed by atoms with Crippen LogP contribution in [0.2, 0.25) is 0 Å². The monoisotopic (exact) mass is 189 g/mol. The van der Waals surface area contributed by atoms with Crippen LogP contribution in [0.25, 0.3) is 0 Å². The van der Waals surface area contributed by atoms with Crippen LogP contribution in [0.1, 0.15) is 0 Å². The summed E-state index contributed by atoms with van der Waals surface area (Å²) in [4.78, 5) is 4.35. The van der Waals surface area contributed by atoms with Crippen LogP contribution in [0, 0.1) is 0 Å². The first-order valence-corrected chi connectivity index (χ1v) is 4.57. The predicted molar refractivity (Wildman–Crippen MR) is 56.2 cm³/mol. The Morgan fingerprint density at radius 1 is 0.769 bits per heavy atom. The molecule has 13 heavy (non-hydrogen) atoms. The standard InChI is InChI=1S/C8H23N5/c1-9-5-12(3)7-11-8-13(4)6-10-2/h9-11H,5-8H2,1-4H3. The van der Waals surface area contributed by atoms with E-state index >= 15 is 0 Å². The van der Waals surface area contributed by atoms with Gasteiger partial charge in [0.25, 0.3) is 0 Å². The number of hydrogen-bond acceptors (Lipinski definition) is 5. The van der Waals surface area contributed by atoms with Gasteiger partial charge in [-0.05, 0) is 28.2 Å². The van der Waals surface area contributed by atoms with Gasteiger partial charge >= 0.3 is 0 Å². The van der Waals surface area contributed by atoms with Crippen LogP contribution in [-0.4, -0.2) is 64.7 Å². The van der Waals surface area contributed by atoms with Gasteiger partial charge in [0.2, 0.25) is 0 Å². The van der Waals surface area contributed by atoms with Gasteiger partial charge in [-0.2, -0.15) is 0 Å². The van der Waals surface area contributed by atoms with Crippen molar-refractivity contribution in [1.82, 2.24) is 25.8 Å². The van der Waals surface area contributed by atoms with E-state index in [1.54, 1.807) is 0 Å². The topological polar surface area (TPSA) is 42.6 Å². The molecule has 3 N–H and O–H groups in total. The molecule has 0 aliphatic heterocycles. The van der Waals surface area contributed by atoms with Crippen LogP contribution in [0.5, 0.6) is 0 Å². The Morgan fingerprint density at radius 3 is 1.46 bits per heavy atom. The minimum absolute atomic E-state index is 0.898. The molecule has 0 aliphatic carbocycles. The molecule has 0 aromatic heterocycles. The van der Waals surface area contributed by atoms with Crippen LogP contribution in [0.3, 0.4) is 0 Å². The average molecular weight is 189 g/mol. The molecular weight excluding hydrogens is 166 g/mol. The average Bonchev–Trinajstić information content (AvgIpc) is 2.05. The third kappa shape index (κ3) is 8.14. The van der Waals surface area contributed by atoms with Gasteiger partial charge < -0.3 is 10.6 Å². The molecule has 0 spiro atoms. The lowest BCUT2D eigenvalue weighted by molar-refractivity contribution is 0.236. The molecule has 5 heteroatoms. The first-order valence-electron chi connectivity index (χ1n) is 4.57. The highest BCUT2D eigenvalue weighted by atomic mass is 15.3. The third-order valence-electron chi connectivity index (χ3n) is 1.62. The Balaban J connectivity index is 3.23. The number of hydrogen-bond donors (Lipinski definition) is 3. The first-order chi connectivity index (χ1) is 6.20. The smallest absolute Gasteiger partial charge is 0.0499 e. The zero-order chi connectivity index (χ0) is 10.1. The largest absolute Gasteiger partial charge is 0.307 e. The fourth-order valence-electron chi connectivity index (χ4n) is 1.08. The van der Waals surface area contributed by atoms with E-state index in [4.69, 9.17) is 0 Å². The van der Waals surface area contributed by atoms with Crippen molar-refractivity contribution in [2.45, 2.75) is 0 Å². The molecule has 80 valence electrons. The lowest BCUT2D eigenvalue weighted by atomic mass is 10.7. The van der Waals surface area contributed by atoms with Gasteiger partial charge in [0.1, 0.15) is 0 Å². The maximum Gasteiger partial charge on any atom is 0.0499 e. The fourth-order valence-corrected chi connectivity index (χ4v) is 1.08. The molecule has 0 saturated heterocycles. The van der Waals surface area contributed by atoms with E-state index < -0.39 is 0 Å². The molecule has 0 rings (SSSR count). The molecule has 0 radical (unpaired) electrons. The minimum Gasteiger partial charge on any atom is -0.307 e. The van der Waals surface area contributed by atoms with Crippen LogP contribution < -0.4 is 16.0 Å². The van der Waals surface area contributed by atoms with Gasteiger partial charge in [0.05, 0.1) is 0 Å². The van der Waals surface area contributed by atoms with Gasteiger partial charge in [-0.15, -0.1) is 0 Å². The Bertz CT molecular complexity index is 96.7. The lowest BCUT2D eigenvalue weighted by Crippen LogP contribution is -2.42. The van der Waals surface area contributed by atoms with E-state index in [9.17, 15) is 0 Å². The molecule has 0 aromatic carbocycles. The van der Waals surface area contributed by atoms with Crippen molar-refractivity contribution in [3.8, 4) is 0 Å². The van der Waals surface area contributed by atoms with Crippen molar-refractivity contribution < 1.29 is 0 Å². The molecule has 5 nitrogen and oxygen atoms in total. The highest BCUT2D eigenvalue weighted by molar-refractivity contribution is 4.48. The Kier molecular flexibility index (Phi) is 8.27. The SMILES string of the molecule is CNCN(C)CNCN(C)CNC. The molecule has 0 fully saturated rings. The van der Waals surface area contributed by atoms with Crippen molar-refractivity contribution in [2.75, 3.05) is 54.9 Å². The highest BCUT2D eigenvalue weighted by Gasteiger charge is 1.96. The minimum atomic E-state index is 0.898. The van der Waals surface area contributed by atoms with Gasteiger partial charge in [0.15, 0.2) is 0 Å². The van der Waals surface area contributed by atoms with Gasteiger partial charge in [-0.1, -0.05) is 0 Å². The summed E-state index contributed by atoms with van der Waals surface area (Å²) in [6.45, 7) is 3.61. The summed E-state index contributed by atoms with van der Waals surface area (Å²) in [7, 11) is 8.04.